The summed E-state index contributed by atoms with van der Waals surface area (Å²) in [6.45, 7) is 2.00. The Morgan fingerprint density at radius 3 is 1.75 bits per heavy atom. The van der Waals surface area contributed by atoms with Crippen LogP contribution in [0.5, 0.6) is 0 Å². The Labute approximate surface area is 275 Å². The van der Waals surface area contributed by atoms with Crippen LogP contribution >= 0.6 is 0 Å². The van der Waals surface area contributed by atoms with Crippen LogP contribution in [0.3, 0.4) is 0 Å². The monoisotopic (exact) mass is 632 g/mol. The molecule has 0 aliphatic heterocycles. The van der Waals surface area contributed by atoms with E-state index < -0.39 is 0 Å². The SMILES string of the molecule is CC1=CCCC=C1Nc1nc(NC2=CCCC3=C2C(=O)c2ccccc2C3=O)nc(Nc2cccc3c2C(=O)c2ccccc2C3=O)n1. The molecule has 48 heavy (non-hydrogen) atoms. The van der Waals surface area contributed by atoms with Crippen molar-refractivity contribution < 1.29 is 19.2 Å². The molecular formula is C38H28N6O4. The fraction of sp³-hybridized carbons (Fsp3) is 0.132. The first-order valence-corrected chi connectivity index (χ1v) is 15.8. The Kier molecular flexibility index (Phi) is 6.98. The van der Waals surface area contributed by atoms with E-state index in [0.29, 0.717) is 57.6 Å². The Bertz CT molecular complexity index is 2260. The molecule has 1 heterocycles. The van der Waals surface area contributed by atoms with E-state index >= 15 is 0 Å². The second kappa shape index (κ2) is 11.5. The van der Waals surface area contributed by atoms with Crippen molar-refractivity contribution in [2.45, 2.75) is 32.6 Å². The molecule has 10 heteroatoms. The number of benzene rings is 3. The number of ketones is 4. The van der Waals surface area contributed by atoms with Crippen LogP contribution in [0, 0.1) is 0 Å². The lowest BCUT2D eigenvalue weighted by Gasteiger charge is -2.26. The fourth-order valence-corrected chi connectivity index (χ4v) is 6.63. The summed E-state index contributed by atoms with van der Waals surface area (Å²) in [5.74, 6) is -0.485. The molecule has 0 saturated carbocycles. The van der Waals surface area contributed by atoms with E-state index in [0.717, 1.165) is 24.1 Å². The zero-order valence-electron chi connectivity index (χ0n) is 25.9. The van der Waals surface area contributed by atoms with Crippen LogP contribution in [-0.2, 0) is 0 Å². The molecule has 4 aliphatic carbocycles. The van der Waals surface area contributed by atoms with E-state index in [1.165, 1.54) is 0 Å². The Morgan fingerprint density at radius 2 is 1.06 bits per heavy atom. The molecule has 4 aliphatic rings. The lowest BCUT2D eigenvalue weighted by atomic mass is 9.79. The molecule has 10 nitrogen and oxygen atoms in total. The van der Waals surface area contributed by atoms with Crippen molar-refractivity contribution in [2.75, 3.05) is 16.0 Å². The van der Waals surface area contributed by atoms with Crippen LogP contribution in [0.25, 0.3) is 0 Å². The maximum absolute atomic E-state index is 13.7. The minimum atomic E-state index is -0.283. The summed E-state index contributed by atoms with van der Waals surface area (Å²) in [6, 6.07) is 18.6. The minimum absolute atomic E-state index is 0.0996. The van der Waals surface area contributed by atoms with Gasteiger partial charge < -0.3 is 16.0 Å². The molecule has 0 fully saturated rings. The Hall–Kier alpha value is -6.29. The lowest BCUT2D eigenvalue weighted by molar-refractivity contribution is 0.0973. The van der Waals surface area contributed by atoms with Gasteiger partial charge in [0.2, 0.25) is 17.8 Å². The highest BCUT2D eigenvalue weighted by Gasteiger charge is 2.35. The predicted molar refractivity (Wildman–Crippen MR) is 181 cm³/mol. The highest BCUT2D eigenvalue weighted by Crippen LogP contribution is 2.37. The first kappa shape index (κ1) is 29.1. The summed E-state index contributed by atoms with van der Waals surface area (Å²) in [7, 11) is 0. The summed E-state index contributed by atoms with van der Waals surface area (Å²) < 4.78 is 0. The number of nitrogens with one attached hydrogen (secondary N) is 3. The van der Waals surface area contributed by atoms with Crippen LogP contribution in [0.4, 0.5) is 23.5 Å². The topological polar surface area (TPSA) is 143 Å². The number of Topliss-reactive ketones (excluding diaryl/α,β-unsaturated/α-hetero) is 2. The zero-order chi connectivity index (χ0) is 32.9. The Balaban J connectivity index is 1.18. The predicted octanol–water partition coefficient (Wildman–Crippen LogP) is 6.89. The molecule has 8 rings (SSSR count). The van der Waals surface area contributed by atoms with Crippen molar-refractivity contribution in [1.29, 1.82) is 0 Å². The van der Waals surface area contributed by atoms with Gasteiger partial charge in [-0.05, 0) is 44.2 Å². The number of aromatic nitrogens is 3. The number of carbonyl (C=O) groups is 4. The van der Waals surface area contributed by atoms with Gasteiger partial charge in [0, 0.05) is 44.8 Å². The van der Waals surface area contributed by atoms with Gasteiger partial charge in [-0.15, -0.1) is 0 Å². The van der Waals surface area contributed by atoms with E-state index in [4.69, 9.17) is 0 Å². The number of hydrogen-bond donors (Lipinski definition) is 3. The number of rotatable bonds is 6. The summed E-state index contributed by atoms with van der Waals surface area (Å²) in [4.78, 5) is 68.1. The van der Waals surface area contributed by atoms with Crippen molar-refractivity contribution >= 4 is 46.7 Å². The van der Waals surface area contributed by atoms with Crippen molar-refractivity contribution in [2.24, 2.45) is 0 Å². The van der Waals surface area contributed by atoms with Gasteiger partial charge in [0.25, 0.3) is 0 Å². The van der Waals surface area contributed by atoms with Gasteiger partial charge in [0.05, 0.1) is 16.8 Å². The highest BCUT2D eigenvalue weighted by atomic mass is 16.1. The van der Waals surface area contributed by atoms with Crippen LogP contribution in [0.15, 0.2) is 113 Å². The normalized spacial score (nSPS) is 16.6. The molecule has 0 bridgehead atoms. The second-order valence-electron chi connectivity index (χ2n) is 11.9. The number of carbonyl (C=O) groups excluding carboxylic acids is 4. The quantitative estimate of drug-likeness (QED) is 0.181. The van der Waals surface area contributed by atoms with E-state index in [-0.39, 0.29) is 52.1 Å². The molecule has 0 unspecified atom stereocenters. The average Bonchev–Trinajstić information content (AvgIpc) is 3.10. The third-order valence-corrected chi connectivity index (χ3v) is 8.95. The van der Waals surface area contributed by atoms with Gasteiger partial charge in [-0.2, -0.15) is 15.0 Å². The lowest BCUT2D eigenvalue weighted by Crippen LogP contribution is -2.27. The standard InChI is InChI=1S/C38H28N6O4/c1-20-10-2-7-17-27(20)39-36-42-37(40-28-18-8-15-25-30(28)34(47)23-13-5-3-11-21(23)32(25)45)44-38(43-36)41-29-19-9-16-26-31(29)35(48)24-14-6-4-12-22(24)33(26)46/h3-6,8,10-15,17-19H,2,7,9,16H2,1H3,(H3,39,40,41,42,43,44). The molecule has 3 aromatic carbocycles. The molecule has 0 saturated heterocycles. The number of nitrogens with zero attached hydrogens (tertiary/aromatic N) is 3. The van der Waals surface area contributed by atoms with Crippen molar-refractivity contribution in [3.8, 4) is 0 Å². The third-order valence-electron chi connectivity index (χ3n) is 8.95. The molecule has 3 N–H and O–H groups in total. The van der Waals surface area contributed by atoms with Crippen molar-refractivity contribution in [1.82, 2.24) is 15.0 Å². The first-order valence-electron chi connectivity index (χ1n) is 15.8. The largest absolute Gasteiger partial charge is 0.324 e. The average molecular weight is 633 g/mol. The summed E-state index contributed by atoms with van der Waals surface area (Å²) >= 11 is 0. The van der Waals surface area contributed by atoms with Gasteiger partial charge in [-0.25, -0.2) is 0 Å². The molecule has 4 aromatic rings. The maximum atomic E-state index is 13.7. The number of allylic oxidation sites excluding steroid dienone is 6. The molecule has 0 atom stereocenters. The number of fused-ring (bicyclic) bond motifs is 3. The summed E-state index contributed by atoms with van der Waals surface area (Å²) in [6.07, 6.45) is 8.86. The second-order valence-corrected chi connectivity index (χ2v) is 11.9. The summed E-state index contributed by atoms with van der Waals surface area (Å²) in [5, 5.41) is 9.65. The molecule has 234 valence electrons. The van der Waals surface area contributed by atoms with Crippen molar-refractivity contribution in [3.63, 3.8) is 0 Å². The van der Waals surface area contributed by atoms with Gasteiger partial charge >= 0.3 is 0 Å². The van der Waals surface area contributed by atoms with Crippen molar-refractivity contribution in [3.05, 3.63) is 146 Å². The first-order chi connectivity index (χ1) is 23.4. The van der Waals surface area contributed by atoms with Crippen LogP contribution in [0.2, 0.25) is 0 Å². The van der Waals surface area contributed by atoms with Gasteiger partial charge in [0.1, 0.15) is 0 Å². The molecule has 0 radical (unpaired) electrons. The molecule has 1 aromatic heterocycles. The van der Waals surface area contributed by atoms with Gasteiger partial charge in [-0.1, -0.05) is 78.9 Å². The number of anilines is 4. The maximum Gasteiger partial charge on any atom is 0.233 e. The van der Waals surface area contributed by atoms with Gasteiger partial charge in [0.15, 0.2) is 23.1 Å². The van der Waals surface area contributed by atoms with Crippen LogP contribution in [0.1, 0.15) is 85.2 Å². The third kappa shape index (κ3) is 4.85. The van der Waals surface area contributed by atoms with Crippen LogP contribution in [-0.4, -0.2) is 38.1 Å². The Morgan fingerprint density at radius 1 is 0.521 bits per heavy atom. The van der Waals surface area contributed by atoms with E-state index in [1.54, 1.807) is 66.7 Å². The zero-order valence-corrected chi connectivity index (χ0v) is 25.9. The van der Waals surface area contributed by atoms with E-state index in [1.807, 2.05) is 13.0 Å². The van der Waals surface area contributed by atoms with Crippen LogP contribution < -0.4 is 16.0 Å². The highest BCUT2D eigenvalue weighted by molar-refractivity contribution is 6.30. The smallest absolute Gasteiger partial charge is 0.233 e. The molecule has 0 spiro atoms. The number of hydrogen-bond acceptors (Lipinski definition) is 10. The fourth-order valence-electron chi connectivity index (χ4n) is 6.63. The van der Waals surface area contributed by atoms with E-state index in [2.05, 4.69) is 43.1 Å². The molecular weight excluding hydrogens is 604 g/mol. The molecule has 0 amide bonds. The minimum Gasteiger partial charge on any atom is -0.324 e. The summed E-state index contributed by atoms with van der Waals surface area (Å²) in [5.41, 5.74) is 5.45. The van der Waals surface area contributed by atoms with E-state index in [9.17, 15) is 19.2 Å². The van der Waals surface area contributed by atoms with Gasteiger partial charge in [-0.3, -0.25) is 19.2 Å².